The first kappa shape index (κ1) is 20.3. The standard InChI is InChI=1S/C21H28N2O5/c1-27-20(25)15-10-16(21(26)28-2)12-17(11-15)22-19(24)13-23-9-5-7-14-6-3-4-8-18(14)23/h10-12,14,18H,3-9,13H2,1-2H3,(H,22,24)/t14-,18+/m1/s1. The van der Waals surface area contributed by atoms with E-state index in [1.54, 1.807) is 0 Å². The summed E-state index contributed by atoms with van der Waals surface area (Å²) in [6, 6.07) is 4.90. The molecule has 2 atom stereocenters. The zero-order chi connectivity index (χ0) is 20.1. The van der Waals surface area contributed by atoms with Gasteiger partial charge in [0.25, 0.3) is 0 Å². The molecular weight excluding hydrogens is 360 g/mol. The van der Waals surface area contributed by atoms with Gasteiger partial charge in [-0.25, -0.2) is 9.59 Å². The molecule has 0 bridgehead atoms. The number of carbonyl (C=O) groups excluding carboxylic acids is 3. The van der Waals surface area contributed by atoms with Gasteiger partial charge in [0, 0.05) is 11.7 Å². The summed E-state index contributed by atoms with van der Waals surface area (Å²) in [7, 11) is 2.53. The number of nitrogens with zero attached hydrogens (tertiary/aromatic N) is 1. The van der Waals surface area contributed by atoms with Crippen LogP contribution in [0.1, 0.15) is 59.2 Å². The lowest BCUT2D eigenvalue weighted by Gasteiger charge is -2.43. The van der Waals surface area contributed by atoms with Crippen molar-refractivity contribution in [3.63, 3.8) is 0 Å². The molecule has 7 heteroatoms. The molecule has 0 spiro atoms. The number of nitrogens with one attached hydrogen (secondary N) is 1. The summed E-state index contributed by atoms with van der Waals surface area (Å²) in [4.78, 5) is 38.7. The average molecular weight is 388 g/mol. The predicted molar refractivity (Wildman–Crippen MR) is 104 cm³/mol. The Labute approximate surface area is 165 Å². The molecule has 1 saturated heterocycles. The van der Waals surface area contributed by atoms with Crippen LogP contribution in [0.3, 0.4) is 0 Å². The molecule has 1 N–H and O–H groups in total. The van der Waals surface area contributed by atoms with Crippen LogP contribution in [0.15, 0.2) is 18.2 Å². The summed E-state index contributed by atoms with van der Waals surface area (Å²) in [6.45, 7) is 1.25. The minimum Gasteiger partial charge on any atom is -0.465 e. The summed E-state index contributed by atoms with van der Waals surface area (Å²) in [6.07, 6.45) is 7.31. The lowest BCUT2D eigenvalue weighted by molar-refractivity contribution is -0.118. The molecule has 152 valence electrons. The van der Waals surface area contributed by atoms with Crippen LogP contribution in [-0.2, 0) is 14.3 Å². The molecule has 2 fully saturated rings. The Morgan fingerprint density at radius 3 is 2.21 bits per heavy atom. The number of piperidine rings is 1. The molecular formula is C21H28N2O5. The fourth-order valence-electron chi connectivity index (χ4n) is 4.48. The van der Waals surface area contributed by atoms with E-state index in [-0.39, 0.29) is 17.0 Å². The average Bonchev–Trinajstić information content (AvgIpc) is 2.72. The molecule has 1 aromatic rings. The zero-order valence-electron chi connectivity index (χ0n) is 16.5. The second kappa shape index (κ2) is 9.19. The zero-order valence-corrected chi connectivity index (χ0v) is 16.5. The number of amides is 1. The first-order chi connectivity index (χ1) is 13.5. The van der Waals surface area contributed by atoms with Crippen molar-refractivity contribution < 1.29 is 23.9 Å². The molecule has 2 aliphatic rings. The minimum atomic E-state index is -0.581. The number of anilines is 1. The van der Waals surface area contributed by atoms with E-state index in [2.05, 4.69) is 10.2 Å². The molecule has 7 nitrogen and oxygen atoms in total. The highest BCUT2D eigenvalue weighted by molar-refractivity contribution is 5.99. The molecule has 1 aromatic carbocycles. The van der Waals surface area contributed by atoms with Crippen molar-refractivity contribution in [3.05, 3.63) is 29.3 Å². The second-order valence-electron chi connectivity index (χ2n) is 7.55. The number of benzene rings is 1. The number of methoxy groups -OCH3 is 2. The van der Waals surface area contributed by atoms with Gasteiger partial charge >= 0.3 is 11.9 Å². The van der Waals surface area contributed by atoms with Gasteiger partial charge in [-0.15, -0.1) is 0 Å². The van der Waals surface area contributed by atoms with E-state index in [9.17, 15) is 14.4 Å². The van der Waals surface area contributed by atoms with E-state index < -0.39 is 11.9 Å². The maximum absolute atomic E-state index is 12.7. The van der Waals surface area contributed by atoms with Crippen molar-refractivity contribution in [2.75, 3.05) is 32.6 Å². The SMILES string of the molecule is COC(=O)c1cc(NC(=O)CN2CCC[C@H]3CCCC[C@@H]32)cc(C(=O)OC)c1. The van der Waals surface area contributed by atoms with Crippen molar-refractivity contribution in [3.8, 4) is 0 Å². The van der Waals surface area contributed by atoms with Crippen molar-refractivity contribution in [1.82, 2.24) is 4.90 Å². The number of carbonyl (C=O) groups is 3. The first-order valence-corrected chi connectivity index (χ1v) is 9.87. The van der Waals surface area contributed by atoms with Gasteiger partial charge in [0.05, 0.1) is 31.9 Å². The number of hydrogen-bond acceptors (Lipinski definition) is 6. The van der Waals surface area contributed by atoms with Crippen molar-refractivity contribution in [2.45, 2.75) is 44.6 Å². The Morgan fingerprint density at radius 2 is 1.57 bits per heavy atom. The molecule has 1 aliphatic heterocycles. The summed E-state index contributed by atoms with van der Waals surface area (Å²) in [5, 5.41) is 2.83. The van der Waals surface area contributed by atoms with Crippen molar-refractivity contribution in [2.24, 2.45) is 5.92 Å². The van der Waals surface area contributed by atoms with Crippen LogP contribution in [-0.4, -0.2) is 56.1 Å². The van der Waals surface area contributed by atoms with Crippen molar-refractivity contribution >= 4 is 23.5 Å². The Balaban J connectivity index is 1.72. The van der Waals surface area contributed by atoms with E-state index in [1.165, 1.54) is 58.1 Å². The van der Waals surface area contributed by atoms with E-state index in [4.69, 9.17) is 9.47 Å². The van der Waals surface area contributed by atoms with Crippen LogP contribution in [0.5, 0.6) is 0 Å². The van der Waals surface area contributed by atoms with Gasteiger partial charge in [-0.2, -0.15) is 0 Å². The molecule has 1 amide bonds. The van der Waals surface area contributed by atoms with E-state index in [1.807, 2.05) is 0 Å². The Bertz CT molecular complexity index is 712. The summed E-state index contributed by atoms with van der Waals surface area (Å²) in [5.41, 5.74) is 0.752. The summed E-state index contributed by atoms with van der Waals surface area (Å²) in [5.74, 6) is -0.613. The molecule has 28 heavy (non-hydrogen) atoms. The van der Waals surface area contributed by atoms with Gasteiger partial charge in [-0.05, 0) is 56.3 Å². The number of hydrogen-bond donors (Lipinski definition) is 1. The van der Waals surface area contributed by atoms with Crippen LogP contribution in [0, 0.1) is 5.92 Å². The topological polar surface area (TPSA) is 84.9 Å². The highest BCUT2D eigenvalue weighted by atomic mass is 16.5. The predicted octanol–water partition coefficient (Wildman–Crippen LogP) is 2.85. The number of rotatable bonds is 5. The number of esters is 2. The van der Waals surface area contributed by atoms with E-state index in [0.29, 0.717) is 24.2 Å². The number of fused-ring (bicyclic) bond motifs is 1. The first-order valence-electron chi connectivity index (χ1n) is 9.87. The third kappa shape index (κ3) is 4.70. The molecule has 1 aliphatic carbocycles. The van der Waals surface area contributed by atoms with Gasteiger partial charge in [-0.1, -0.05) is 12.8 Å². The second-order valence-corrected chi connectivity index (χ2v) is 7.55. The Morgan fingerprint density at radius 1 is 0.964 bits per heavy atom. The maximum atomic E-state index is 12.7. The summed E-state index contributed by atoms with van der Waals surface area (Å²) >= 11 is 0. The van der Waals surface area contributed by atoms with Gasteiger partial charge < -0.3 is 14.8 Å². The minimum absolute atomic E-state index is 0.149. The fraction of sp³-hybridized carbons (Fsp3) is 0.571. The van der Waals surface area contributed by atoms with Crippen LogP contribution >= 0.6 is 0 Å². The molecule has 0 aromatic heterocycles. The third-order valence-electron chi connectivity index (χ3n) is 5.76. The van der Waals surface area contributed by atoms with Gasteiger partial charge in [0.15, 0.2) is 0 Å². The largest absolute Gasteiger partial charge is 0.465 e. The van der Waals surface area contributed by atoms with Crippen LogP contribution in [0.25, 0.3) is 0 Å². The normalized spacial score (nSPS) is 22.1. The lowest BCUT2D eigenvalue weighted by Crippen LogP contribution is -2.49. The smallest absolute Gasteiger partial charge is 0.337 e. The van der Waals surface area contributed by atoms with Gasteiger partial charge in [0.1, 0.15) is 0 Å². The van der Waals surface area contributed by atoms with Crippen LogP contribution in [0.2, 0.25) is 0 Å². The molecule has 0 unspecified atom stereocenters. The molecule has 1 saturated carbocycles. The third-order valence-corrected chi connectivity index (χ3v) is 5.76. The monoisotopic (exact) mass is 388 g/mol. The van der Waals surface area contributed by atoms with E-state index >= 15 is 0 Å². The van der Waals surface area contributed by atoms with Crippen molar-refractivity contribution in [1.29, 1.82) is 0 Å². The number of ether oxygens (including phenoxy) is 2. The van der Waals surface area contributed by atoms with Gasteiger partial charge in [0.2, 0.25) is 5.91 Å². The maximum Gasteiger partial charge on any atom is 0.337 e. The van der Waals surface area contributed by atoms with Gasteiger partial charge in [-0.3, -0.25) is 9.69 Å². The molecule has 0 radical (unpaired) electrons. The van der Waals surface area contributed by atoms with E-state index in [0.717, 1.165) is 19.4 Å². The highest BCUT2D eigenvalue weighted by Gasteiger charge is 2.33. The Kier molecular flexibility index (Phi) is 6.67. The molecule has 3 rings (SSSR count). The molecule has 1 heterocycles. The highest BCUT2D eigenvalue weighted by Crippen LogP contribution is 2.35. The Hall–Kier alpha value is -2.41. The van der Waals surface area contributed by atoms with Crippen LogP contribution < -0.4 is 5.32 Å². The van der Waals surface area contributed by atoms with Crippen LogP contribution in [0.4, 0.5) is 5.69 Å². The number of likely N-dealkylation sites (tertiary alicyclic amines) is 1. The quantitative estimate of drug-likeness (QED) is 0.781. The summed E-state index contributed by atoms with van der Waals surface area (Å²) < 4.78 is 9.47. The fourth-order valence-corrected chi connectivity index (χ4v) is 4.48. The lowest BCUT2D eigenvalue weighted by atomic mass is 9.78.